The van der Waals surface area contributed by atoms with Crippen molar-refractivity contribution in [1.82, 2.24) is 0 Å². The number of para-hydroxylation sites is 1. The molecule has 0 saturated carbocycles. The minimum Gasteiger partial charge on any atom is -0.462 e. The Balaban J connectivity index is 1.95. The number of nitrogens with one attached hydrogen (secondary N) is 1. The maximum Gasteiger partial charge on any atom is 0.340 e. The molecule has 2 aromatic carbocycles. The van der Waals surface area contributed by atoms with Gasteiger partial charge in [-0.25, -0.2) is 9.59 Å². The fourth-order valence-corrected chi connectivity index (χ4v) is 2.10. The number of nitro groups is 1. The fraction of sp³-hybridized carbons (Fsp3) is 0.167. The van der Waals surface area contributed by atoms with Crippen LogP contribution in [0.3, 0.4) is 0 Å². The molecule has 0 saturated heterocycles. The Morgan fingerprint density at radius 1 is 1.00 bits per heavy atom. The number of benzene rings is 2. The number of esters is 2. The van der Waals surface area contributed by atoms with Gasteiger partial charge in [0.15, 0.2) is 6.61 Å². The van der Waals surface area contributed by atoms with E-state index in [1.165, 1.54) is 24.3 Å². The molecule has 1 N–H and O–H groups in total. The van der Waals surface area contributed by atoms with Crippen LogP contribution in [-0.2, 0) is 14.3 Å². The van der Waals surface area contributed by atoms with E-state index in [2.05, 4.69) is 5.32 Å². The van der Waals surface area contributed by atoms with Gasteiger partial charge in [-0.05, 0) is 31.2 Å². The fourth-order valence-electron chi connectivity index (χ4n) is 2.10. The van der Waals surface area contributed by atoms with E-state index in [4.69, 9.17) is 9.47 Å². The van der Waals surface area contributed by atoms with E-state index in [1.807, 2.05) is 0 Å². The molecule has 140 valence electrons. The van der Waals surface area contributed by atoms with E-state index in [0.717, 1.165) is 12.1 Å². The summed E-state index contributed by atoms with van der Waals surface area (Å²) in [7, 11) is 0. The average Bonchev–Trinajstić information content (AvgIpc) is 2.66. The van der Waals surface area contributed by atoms with Crippen LogP contribution < -0.4 is 5.32 Å². The molecule has 2 aromatic rings. The molecule has 0 bridgehead atoms. The zero-order valence-corrected chi connectivity index (χ0v) is 14.3. The highest BCUT2D eigenvalue weighted by Gasteiger charge is 2.16. The lowest BCUT2D eigenvalue weighted by Crippen LogP contribution is -2.22. The van der Waals surface area contributed by atoms with E-state index in [1.54, 1.807) is 19.1 Å². The summed E-state index contributed by atoms with van der Waals surface area (Å²) < 4.78 is 9.78. The second kappa shape index (κ2) is 9.09. The lowest BCUT2D eigenvalue weighted by atomic mass is 10.2. The number of nitro benzene ring substituents is 1. The van der Waals surface area contributed by atoms with Gasteiger partial charge in [-0.2, -0.15) is 0 Å². The Morgan fingerprint density at radius 2 is 1.67 bits per heavy atom. The van der Waals surface area contributed by atoms with Crippen LogP contribution in [0, 0.1) is 10.1 Å². The lowest BCUT2D eigenvalue weighted by Gasteiger charge is -2.10. The molecule has 0 heterocycles. The summed E-state index contributed by atoms with van der Waals surface area (Å²) in [6, 6.07) is 11.0. The van der Waals surface area contributed by atoms with Gasteiger partial charge in [0.1, 0.15) is 0 Å². The van der Waals surface area contributed by atoms with Crippen LogP contribution in [0.5, 0.6) is 0 Å². The van der Waals surface area contributed by atoms with Crippen LogP contribution in [0.25, 0.3) is 0 Å². The molecule has 0 spiro atoms. The molecule has 0 aliphatic carbocycles. The molecule has 0 radical (unpaired) electrons. The third kappa shape index (κ3) is 5.36. The van der Waals surface area contributed by atoms with Crippen molar-refractivity contribution in [2.24, 2.45) is 0 Å². The van der Waals surface area contributed by atoms with Gasteiger partial charge in [0.05, 0.1) is 28.3 Å². The smallest absolute Gasteiger partial charge is 0.340 e. The third-order valence-corrected chi connectivity index (χ3v) is 3.34. The van der Waals surface area contributed by atoms with Crippen LogP contribution >= 0.6 is 0 Å². The summed E-state index contributed by atoms with van der Waals surface area (Å²) in [6.07, 6.45) is 0. The maximum absolute atomic E-state index is 12.0. The lowest BCUT2D eigenvalue weighted by molar-refractivity contribution is -0.384. The number of hydrogen-bond donors (Lipinski definition) is 1. The molecule has 0 unspecified atom stereocenters. The number of ether oxygens (including phenoxy) is 2. The average molecular weight is 372 g/mol. The van der Waals surface area contributed by atoms with Crippen LogP contribution in [0.15, 0.2) is 48.5 Å². The van der Waals surface area contributed by atoms with Gasteiger partial charge in [-0.1, -0.05) is 12.1 Å². The van der Waals surface area contributed by atoms with Crippen molar-refractivity contribution in [3.63, 3.8) is 0 Å². The summed E-state index contributed by atoms with van der Waals surface area (Å²) in [6.45, 7) is 1.26. The predicted octanol–water partition coefficient (Wildman–Crippen LogP) is 2.57. The van der Waals surface area contributed by atoms with Gasteiger partial charge < -0.3 is 14.8 Å². The summed E-state index contributed by atoms with van der Waals surface area (Å²) in [5.41, 5.74) is 0.307. The van der Waals surface area contributed by atoms with Gasteiger partial charge in [0, 0.05) is 12.1 Å². The van der Waals surface area contributed by atoms with E-state index < -0.39 is 29.4 Å². The Morgan fingerprint density at radius 3 is 2.30 bits per heavy atom. The van der Waals surface area contributed by atoms with Gasteiger partial charge in [0.2, 0.25) is 0 Å². The summed E-state index contributed by atoms with van der Waals surface area (Å²) in [4.78, 5) is 45.8. The summed E-state index contributed by atoms with van der Waals surface area (Å²) in [5, 5.41) is 13.1. The monoisotopic (exact) mass is 372 g/mol. The largest absolute Gasteiger partial charge is 0.462 e. The predicted molar refractivity (Wildman–Crippen MR) is 94.4 cm³/mol. The Bertz CT molecular complexity index is 862. The Hall–Kier alpha value is -3.75. The van der Waals surface area contributed by atoms with Gasteiger partial charge in [-0.3, -0.25) is 14.9 Å². The second-order valence-corrected chi connectivity index (χ2v) is 5.19. The number of anilines is 1. The standard InChI is InChI=1S/C18H16N2O7/c1-2-26-18(23)14-5-3-4-6-15(14)19-16(21)11-27-17(22)12-7-9-13(10-8-12)20(24)25/h3-10H,2,11H2,1H3,(H,19,21). The zero-order chi connectivity index (χ0) is 19.8. The normalized spacial score (nSPS) is 9.96. The van der Waals surface area contributed by atoms with Gasteiger partial charge >= 0.3 is 11.9 Å². The molecule has 0 aromatic heterocycles. The Labute approximate surface area is 154 Å². The van der Waals surface area contributed by atoms with Crippen molar-refractivity contribution in [1.29, 1.82) is 0 Å². The number of amides is 1. The van der Waals surface area contributed by atoms with Crippen molar-refractivity contribution in [2.75, 3.05) is 18.5 Å². The van der Waals surface area contributed by atoms with E-state index in [-0.39, 0.29) is 29.1 Å². The van der Waals surface area contributed by atoms with Gasteiger partial charge in [-0.15, -0.1) is 0 Å². The molecule has 9 nitrogen and oxygen atoms in total. The first-order chi connectivity index (χ1) is 12.9. The minimum atomic E-state index is -0.807. The van der Waals surface area contributed by atoms with Crippen molar-refractivity contribution in [2.45, 2.75) is 6.92 Å². The quantitative estimate of drug-likeness (QED) is 0.450. The zero-order valence-electron chi connectivity index (χ0n) is 14.3. The number of non-ortho nitro benzene ring substituents is 1. The van der Waals surface area contributed by atoms with Crippen LogP contribution in [-0.4, -0.2) is 36.0 Å². The molecule has 0 atom stereocenters. The molecule has 27 heavy (non-hydrogen) atoms. The first kappa shape index (κ1) is 19.6. The van der Waals surface area contributed by atoms with Crippen LogP contribution in [0.1, 0.15) is 27.6 Å². The number of carbonyl (C=O) groups excluding carboxylic acids is 3. The van der Waals surface area contributed by atoms with Crippen molar-refractivity contribution in [3.8, 4) is 0 Å². The first-order valence-corrected chi connectivity index (χ1v) is 7.90. The topological polar surface area (TPSA) is 125 Å². The van der Waals surface area contributed by atoms with E-state index in [0.29, 0.717) is 0 Å². The number of hydrogen-bond acceptors (Lipinski definition) is 7. The molecule has 1 amide bonds. The molecule has 0 fully saturated rings. The van der Waals surface area contributed by atoms with Crippen molar-refractivity contribution >= 4 is 29.2 Å². The maximum atomic E-state index is 12.0. The summed E-state index contributed by atoms with van der Waals surface area (Å²) in [5.74, 6) is -2.04. The molecular formula is C18H16N2O7. The highest BCUT2D eigenvalue weighted by atomic mass is 16.6. The summed E-state index contributed by atoms with van der Waals surface area (Å²) >= 11 is 0. The molecule has 2 rings (SSSR count). The number of carbonyl (C=O) groups is 3. The second-order valence-electron chi connectivity index (χ2n) is 5.19. The van der Waals surface area contributed by atoms with Crippen LogP contribution in [0.2, 0.25) is 0 Å². The Kier molecular flexibility index (Phi) is 6.59. The highest BCUT2D eigenvalue weighted by Crippen LogP contribution is 2.16. The minimum absolute atomic E-state index is 0.0697. The third-order valence-electron chi connectivity index (χ3n) is 3.34. The highest BCUT2D eigenvalue weighted by molar-refractivity contribution is 6.02. The molecule has 9 heteroatoms. The molecule has 0 aliphatic rings. The number of nitrogens with zero attached hydrogens (tertiary/aromatic N) is 1. The SMILES string of the molecule is CCOC(=O)c1ccccc1NC(=O)COC(=O)c1ccc([N+](=O)[O-])cc1. The number of rotatable bonds is 7. The van der Waals surface area contributed by atoms with E-state index >= 15 is 0 Å². The molecular weight excluding hydrogens is 356 g/mol. The van der Waals surface area contributed by atoms with Crippen LogP contribution in [0.4, 0.5) is 11.4 Å². The van der Waals surface area contributed by atoms with Crippen molar-refractivity contribution in [3.05, 3.63) is 69.8 Å². The van der Waals surface area contributed by atoms with Gasteiger partial charge in [0.25, 0.3) is 11.6 Å². The van der Waals surface area contributed by atoms with E-state index in [9.17, 15) is 24.5 Å². The first-order valence-electron chi connectivity index (χ1n) is 7.90. The van der Waals surface area contributed by atoms with Crippen molar-refractivity contribution < 1.29 is 28.8 Å². The molecule has 0 aliphatic heterocycles.